The van der Waals surface area contributed by atoms with Crippen molar-refractivity contribution in [3.8, 4) is 0 Å². The number of esters is 2. The van der Waals surface area contributed by atoms with Crippen molar-refractivity contribution < 1.29 is 28.5 Å². The fourth-order valence-corrected chi connectivity index (χ4v) is 3.05. The fraction of sp³-hybridized carbons (Fsp3) is 0.818. The summed E-state index contributed by atoms with van der Waals surface area (Å²) >= 11 is 0. The number of cyclic esters (lactones) is 2. The number of carbonyl (C=O) groups excluding carboxylic acids is 2. The van der Waals surface area contributed by atoms with Crippen molar-refractivity contribution in [3.63, 3.8) is 0 Å². The van der Waals surface area contributed by atoms with Crippen molar-refractivity contribution in [1.29, 1.82) is 0 Å². The van der Waals surface area contributed by atoms with Crippen LogP contribution in [0.3, 0.4) is 0 Å². The van der Waals surface area contributed by atoms with Crippen LogP contribution in [0.15, 0.2) is 12.2 Å². The Labute approximate surface area is 169 Å². The summed E-state index contributed by atoms with van der Waals surface area (Å²) in [5, 5.41) is 0. The third-order valence-corrected chi connectivity index (χ3v) is 4.80. The summed E-state index contributed by atoms with van der Waals surface area (Å²) in [4.78, 5) is 24.7. The van der Waals surface area contributed by atoms with Crippen LogP contribution in [0.25, 0.3) is 0 Å². The highest BCUT2D eigenvalue weighted by atomic mass is 16.6. The fourth-order valence-electron chi connectivity index (χ4n) is 3.05. The first-order valence-corrected chi connectivity index (χ1v) is 10.8. The van der Waals surface area contributed by atoms with E-state index in [9.17, 15) is 9.59 Å². The number of carbonyl (C=O) groups is 2. The predicted molar refractivity (Wildman–Crippen MR) is 108 cm³/mol. The number of hydrogen-bond donors (Lipinski definition) is 0. The SMILES string of the molecule is CCCCC1CC=CCC(CCCC)C(=O)OCCOCCOCCOC1=O. The molecule has 1 aliphatic heterocycles. The molecule has 0 aromatic carbocycles. The van der Waals surface area contributed by atoms with Crippen molar-refractivity contribution >= 4 is 11.9 Å². The first-order valence-electron chi connectivity index (χ1n) is 10.8. The van der Waals surface area contributed by atoms with Crippen molar-refractivity contribution in [2.75, 3.05) is 39.6 Å². The van der Waals surface area contributed by atoms with Crippen LogP contribution in [0, 0.1) is 11.8 Å². The second-order valence-electron chi connectivity index (χ2n) is 7.18. The van der Waals surface area contributed by atoms with Gasteiger partial charge >= 0.3 is 11.9 Å². The Hall–Kier alpha value is -1.40. The molecule has 0 N–H and O–H groups in total. The zero-order valence-electron chi connectivity index (χ0n) is 17.7. The van der Waals surface area contributed by atoms with E-state index in [0.29, 0.717) is 39.3 Å². The molecule has 6 heteroatoms. The van der Waals surface area contributed by atoms with Crippen LogP contribution in [0.5, 0.6) is 0 Å². The van der Waals surface area contributed by atoms with Gasteiger partial charge in [-0.2, -0.15) is 0 Å². The summed E-state index contributed by atoms with van der Waals surface area (Å²) in [5.41, 5.74) is 0. The van der Waals surface area contributed by atoms with Gasteiger partial charge in [-0.3, -0.25) is 9.59 Å². The Morgan fingerprint density at radius 1 is 0.714 bits per heavy atom. The smallest absolute Gasteiger partial charge is 0.309 e. The maximum atomic E-state index is 12.4. The third kappa shape index (κ3) is 11.4. The lowest BCUT2D eigenvalue weighted by Gasteiger charge is -2.16. The molecule has 0 saturated heterocycles. The largest absolute Gasteiger partial charge is 0.463 e. The Morgan fingerprint density at radius 3 is 1.50 bits per heavy atom. The van der Waals surface area contributed by atoms with Crippen molar-refractivity contribution in [2.45, 2.75) is 65.2 Å². The maximum Gasteiger partial charge on any atom is 0.309 e. The Kier molecular flexibility index (Phi) is 14.6. The number of ether oxygens (including phenoxy) is 4. The summed E-state index contributed by atoms with van der Waals surface area (Å²) in [6.07, 6.45) is 11.0. The molecule has 0 aromatic rings. The molecule has 0 saturated carbocycles. The van der Waals surface area contributed by atoms with Gasteiger partial charge in [-0.15, -0.1) is 0 Å². The summed E-state index contributed by atoms with van der Waals surface area (Å²) < 4.78 is 21.6. The highest BCUT2D eigenvalue weighted by molar-refractivity contribution is 5.73. The first kappa shape index (κ1) is 24.6. The van der Waals surface area contributed by atoms with Crippen molar-refractivity contribution in [3.05, 3.63) is 12.2 Å². The van der Waals surface area contributed by atoms with Gasteiger partial charge in [-0.1, -0.05) is 51.7 Å². The highest BCUT2D eigenvalue weighted by Gasteiger charge is 2.20. The van der Waals surface area contributed by atoms with E-state index in [1.54, 1.807) is 0 Å². The monoisotopic (exact) mass is 398 g/mol. The molecule has 0 aliphatic carbocycles. The van der Waals surface area contributed by atoms with E-state index < -0.39 is 0 Å². The predicted octanol–water partition coefficient (Wildman–Crippen LogP) is 4.07. The molecule has 2 unspecified atom stereocenters. The van der Waals surface area contributed by atoms with Crippen LogP contribution in [-0.4, -0.2) is 51.6 Å². The zero-order chi connectivity index (χ0) is 20.5. The number of unbranched alkanes of at least 4 members (excludes halogenated alkanes) is 2. The molecule has 1 aliphatic rings. The van der Waals surface area contributed by atoms with E-state index in [4.69, 9.17) is 18.9 Å². The molecule has 28 heavy (non-hydrogen) atoms. The van der Waals surface area contributed by atoms with E-state index in [2.05, 4.69) is 13.8 Å². The van der Waals surface area contributed by atoms with Crippen LogP contribution in [0.4, 0.5) is 0 Å². The molecular weight excluding hydrogens is 360 g/mol. The van der Waals surface area contributed by atoms with Gasteiger partial charge in [-0.25, -0.2) is 0 Å². The molecule has 1 rings (SSSR count). The van der Waals surface area contributed by atoms with Crippen molar-refractivity contribution in [2.24, 2.45) is 11.8 Å². The van der Waals surface area contributed by atoms with E-state index in [-0.39, 0.29) is 37.0 Å². The average molecular weight is 399 g/mol. The molecule has 0 bridgehead atoms. The van der Waals surface area contributed by atoms with Crippen LogP contribution in [-0.2, 0) is 28.5 Å². The molecule has 0 spiro atoms. The van der Waals surface area contributed by atoms with Gasteiger partial charge < -0.3 is 18.9 Å². The Balaban J connectivity index is 2.69. The van der Waals surface area contributed by atoms with Crippen molar-refractivity contribution in [1.82, 2.24) is 0 Å². The number of rotatable bonds is 6. The van der Waals surface area contributed by atoms with Gasteiger partial charge in [0, 0.05) is 0 Å². The van der Waals surface area contributed by atoms with Gasteiger partial charge in [-0.05, 0) is 25.7 Å². The molecule has 6 nitrogen and oxygen atoms in total. The van der Waals surface area contributed by atoms with Crippen LogP contribution < -0.4 is 0 Å². The molecule has 2 atom stereocenters. The summed E-state index contributed by atoms with van der Waals surface area (Å²) in [7, 11) is 0. The third-order valence-electron chi connectivity index (χ3n) is 4.80. The van der Waals surface area contributed by atoms with Gasteiger partial charge in [0.15, 0.2) is 0 Å². The minimum Gasteiger partial charge on any atom is -0.463 e. The summed E-state index contributed by atoms with van der Waals surface area (Å²) in [6.45, 7) is 6.33. The molecule has 0 radical (unpaired) electrons. The molecule has 162 valence electrons. The quantitative estimate of drug-likeness (QED) is 0.496. The lowest BCUT2D eigenvalue weighted by molar-refractivity contribution is -0.152. The molecule has 0 fully saturated rings. The van der Waals surface area contributed by atoms with E-state index >= 15 is 0 Å². The number of allylic oxidation sites excluding steroid dienone is 2. The lowest BCUT2D eigenvalue weighted by atomic mass is 9.95. The molecule has 0 amide bonds. The molecule has 1 heterocycles. The first-order chi connectivity index (χ1) is 13.7. The maximum absolute atomic E-state index is 12.4. The summed E-state index contributed by atoms with van der Waals surface area (Å²) in [6, 6.07) is 0. The van der Waals surface area contributed by atoms with E-state index in [1.165, 1.54) is 0 Å². The van der Waals surface area contributed by atoms with Gasteiger partial charge in [0.05, 0.1) is 38.3 Å². The van der Waals surface area contributed by atoms with E-state index in [1.807, 2.05) is 12.2 Å². The average Bonchev–Trinajstić information content (AvgIpc) is 2.69. The van der Waals surface area contributed by atoms with E-state index in [0.717, 1.165) is 38.5 Å². The second kappa shape index (κ2) is 16.5. The standard InChI is InChI=1S/C22H38O6/c1-3-5-9-19-11-7-8-12-20(10-6-4-2)22(24)28-18-16-26-14-13-25-15-17-27-21(19)23/h7-8,19-20H,3-6,9-18H2,1-2H3. The highest BCUT2D eigenvalue weighted by Crippen LogP contribution is 2.19. The normalized spacial score (nSPS) is 24.1. The molecule has 0 aromatic heterocycles. The molecular formula is C22H38O6. The van der Waals surface area contributed by atoms with Crippen LogP contribution in [0.2, 0.25) is 0 Å². The van der Waals surface area contributed by atoms with Crippen LogP contribution >= 0.6 is 0 Å². The number of hydrogen-bond acceptors (Lipinski definition) is 6. The van der Waals surface area contributed by atoms with Crippen LogP contribution in [0.1, 0.15) is 65.2 Å². The minimum absolute atomic E-state index is 0.139. The van der Waals surface area contributed by atoms with Gasteiger partial charge in [0.1, 0.15) is 13.2 Å². The Bertz CT molecular complexity index is 408. The summed E-state index contributed by atoms with van der Waals surface area (Å²) in [5.74, 6) is -0.610. The van der Waals surface area contributed by atoms with Gasteiger partial charge in [0.2, 0.25) is 0 Å². The minimum atomic E-state index is -0.166. The lowest BCUT2D eigenvalue weighted by Crippen LogP contribution is -2.22. The topological polar surface area (TPSA) is 71.1 Å². The van der Waals surface area contributed by atoms with Gasteiger partial charge in [0.25, 0.3) is 0 Å². The second-order valence-corrected chi connectivity index (χ2v) is 7.18. The zero-order valence-corrected chi connectivity index (χ0v) is 17.7. The Morgan fingerprint density at radius 2 is 1.11 bits per heavy atom.